The molecule has 0 saturated heterocycles. The normalized spacial score (nSPS) is 17.4. The molecule has 0 aliphatic carbocycles. The molecule has 0 spiro atoms. The van der Waals surface area contributed by atoms with E-state index in [1.807, 2.05) is 12.1 Å². The molecule has 1 aliphatic rings. The van der Waals surface area contributed by atoms with Crippen molar-refractivity contribution in [2.24, 2.45) is 0 Å². The lowest BCUT2D eigenvalue weighted by Crippen LogP contribution is -2.26. The van der Waals surface area contributed by atoms with Gasteiger partial charge in [0.15, 0.2) is 0 Å². The molecule has 1 atom stereocenters. The maximum Gasteiger partial charge on any atom is 0.409 e. The summed E-state index contributed by atoms with van der Waals surface area (Å²) < 4.78 is 10.9. The van der Waals surface area contributed by atoms with Gasteiger partial charge in [0, 0.05) is 47.4 Å². The number of carbonyl (C=O) groups is 1. The fraction of sp³-hybridized carbons (Fsp3) is 0.286. The smallest absolute Gasteiger partial charge is 0.409 e. The number of rotatable bonds is 2. The molecule has 20 heavy (non-hydrogen) atoms. The molecule has 2 aromatic rings. The van der Waals surface area contributed by atoms with Gasteiger partial charge in [0.25, 0.3) is 0 Å². The molecule has 104 valence electrons. The second-order valence-corrected chi connectivity index (χ2v) is 5.30. The highest BCUT2D eigenvalue weighted by Gasteiger charge is 2.29. The Balaban J connectivity index is 1.99. The fourth-order valence-corrected chi connectivity index (χ4v) is 3.25. The third kappa shape index (κ3) is 2.39. The first-order chi connectivity index (χ1) is 9.79. The number of hydrogen-bond donors (Lipinski definition) is 1. The highest BCUT2D eigenvalue weighted by atomic mass is 32.1. The first-order valence-electron chi connectivity index (χ1n) is 6.30. The number of fused-ring (bicyclic) bond motifs is 1. The van der Waals surface area contributed by atoms with Gasteiger partial charge in [0.1, 0.15) is 0 Å². The van der Waals surface area contributed by atoms with Crippen molar-refractivity contribution in [3.8, 4) is 11.1 Å². The van der Waals surface area contributed by atoms with E-state index in [4.69, 9.17) is 9.47 Å². The third-order valence-corrected chi connectivity index (χ3v) is 4.20. The summed E-state index contributed by atoms with van der Waals surface area (Å²) in [5, 5.41) is 4.51. The van der Waals surface area contributed by atoms with Crippen LogP contribution in [0.5, 0.6) is 0 Å². The number of carbonyl (C=O) groups excluding carboxylic acids is 1. The monoisotopic (exact) mass is 290 g/mol. The summed E-state index contributed by atoms with van der Waals surface area (Å²) in [5.41, 5.74) is 2.96. The number of pyridine rings is 1. The van der Waals surface area contributed by atoms with Gasteiger partial charge in [-0.2, -0.15) is 0 Å². The topological polar surface area (TPSA) is 60.5 Å². The summed E-state index contributed by atoms with van der Waals surface area (Å²) in [7, 11) is 1.53. The van der Waals surface area contributed by atoms with Gasteiger partial charge in [-0.05, 0) is 11.4 Å². The molecular weight excluding hydrogens is 276 g/mol. The van der Waals surface area contributed by atoms with Crippen LogP contribution >= 0.6 is 11.3 Å². The number of nitrogens with zero attached hydrogens (tertiary/aromatic N) is 1. The van der Waals surface area contributed by atoms with Crippen molar-refractivity contribution >= 4 is 17.4 Å². The van der Waals surface area contributed by atoms with Crippen LogP contribution in [0.1, 0.15) is 16.7 Å². The van der Waals surface area contributed by atoms with Crippen molar-refractivity contribution < 1.29 is 14.3 Å². The molecule has 1 amide bonds. The number of aromatic nitrogens is 1. The van der Waals surface area contributed by atoms with Crippen molar-refractivity contribution in [3.63, 3.8) is 0 Å². The third-order valence-electron chi connectivity index (χ3n) is 3.13. The summed E-state index contributed by atoms with van der Waals surface area (Å²) >= 11 is 1.67. The Hall–Kier alpha value is -1.92. The van der Waals surface area contributed by atoms with Crippen LogP contribution in [0.2, 0.25) is 0 Å². The van der Waals surface area contributed by atoms with E-state index in [1.165, 1.54) is 11.9 Å². The summed E-state index contributed by atoms with van der Waals surface area (Å²) in [6.07, 6.45) is 3.23. The highest BCUT2D eigenvalue weighted by Crippen LogP contribution is 2.40. The standard InChI is InChI=1S/C14H14N2O3S/c1-15-14(17)19-13-12-10(9-3-2-5-16-7-9)8-20-11(12)4-6-18-13/h2-3,5,7-8,13H,4,6H2,1H3,(H,15,17). The molecule has 0 saturated carbocycles. The summed E-state index contributed by atoms with van der Waals surface area (Å²) in [6.45, 7) is 0.557. The first kappa shape index (κ1) is 13.1. The second kappa shape index (κ2) is 5.60. The van der Waals surface area contributed by atoms with Gasteiger partial charge in [-0.3, -0.25) is 4.98 Å². The first-order valence-corrected chi connectivity index (χ1v) is 7.18. The van der Waals surface area contributed by atoms with Crippen molar-refractivity contribution in [2.45, 2.75) is 12.7 Å². The van der Waals surface area contributed by atoms with Gasteiger partial charge in [-0.25, -0.2) is 4.79 Å². The SMILES string of the molecule is CNC(=O)OC1OCCc2scc(-c3cccnc3)c21. The Bertz CT molecular complexity index is 612. The minimum absolute atomic E-state index is 0.494. The van der Waals surface area contributed by atoms with E-state index in [0.29, 0.717) is 6.61 Å². The van der Waals surface area contributed by atoms with E-state index in [0.717, 1.165) is 23.1 Å². The molecule has 0 aromatic carbocycles. The largest absolute Gasteiger partial charge is 0.415 e. The van der Waals surface area contributed by atoms with Crippen molar-refractivity contribution in [3.05, 3.63) is 40.3 Å². The van der Waals surface area contributed by atoms with Gasteiger partial charge in [0.05, 0.1) is 6.61 Å². The molecular formula is C14H14N2O3S. The number of hydrogen-bond acceptors (Lipinski definition) is 5. The zero-order valence-electron chi connectivity index (χ0n) is 11.0. The molecule has 0 radical (unpaired) electrons. The fourth-order valence-electron chi connectivity index (χ4n) is 2.20. The molecule has 2 aromatic heterocycles. The van der Waals surface area contributed by atoms with E-state index in [-0.39, 0.29) is 0 Å². The van der Waals surface area contributed by atoms with Crippen molar-refractivity contribution in [1.29, 1.82) is 0 Å². The molecule has 0 bridgehead atoms. The Morgan fingerprint density at radius 2 is 2.50 bits per heavy atom. The zero-order chi connectivity index (χ0) is 13.9. The van der Waals surface area contributed by atoms with E-state index < -0.39 is 12.4 Å². The van der Waals surface area contributed by atoms with Crippen LogP contribution in [0.25, 0.3) is 11.1 Å². The summed E-state index contributed by atoms with van der Waals surface area (Å²) in [4.78, 5) is 16.8. The maximum atomic E-state index is 11.4. The average molecular weight is 290 g/mol. The zero-order valence-corrected chi connectivity index (χ0v) is 11.8. The van der Waals surface area contributed by atoms with E-state index >= 15 is 0 Å². The number of amides is 1. The molecule has 3 heterocycles. The van der Waals surface area contributed by atoms with Crippen LogP contribution in [0.15, 0.2) is 29.9 Å². The Morgan fingerprint density at radius 3 is 3.25 bits per heavy atom. The van der Waals surface area contributed by atoms with Crippen LogP contribution in [-0.4, -0.2) is 24.7 Å². The van der Waals surface area contributed by atoms with Crippen molar-refractivity contribution in [1.82, 2.24) is 10.3 Å². The minimum atomic E-state index is -0.653. The summed E-state index contributed by atoms with van der Waals surface area (Å²) in [5.74, 6) is 0. The lowest BCUT2D eigenvalue weighted by atomic mass is 10.0. The van der Waals surface area contributed by atoms with Gasteiger partial charge in [0.2, 0.25) is 6.29 Å². The minimum Gasteiger partial charge on any atom is -0.415 e. The number of thiophene rings is 1. The molecule has 0 fully saturated rings. The van der Waals surface area contributed by atoms with Crippen LogP contribution in [0.4, 0.5) is 4.79 Å². The van der Waals surface area contributed by atoms with Crippen LogP contribution in [0.3, 0.4) is 0 Å². The van der Waals surface area contributed by atoms with Crippen LogP contribution < -0.4 is 5.32 Å². The number of alkyl carbamates (subject to hydrolysis) is 1. The molecule has 6 heteroatoms. The van der Waals surface area contributed by atoms with Crippen molar-refractivity contribution in [2.75, 3.05) is 13.7 Å². The molecule has 1 aliphatic heterocycles. The molecule has 1 unspecified atom stereocenters. The maximum absolute atomic E-state index is 11.4. The summed E-state index contributed by atoms with van der Waals surface area (Å²) in [6, 6.07) is 3.87. The van der Waals surface area contributed by atoms with Gasteiger partial charge in [-0.15, -0.1) is 11.3 Å². The Labute approximate surface area is 120 Å². The molecule has 1 N–H and O–H groups in total. The van der Waals surface area contributed by atoms with E-state index in [1.54, 1.807) is 23.7 Å². The number of ether oxygens (including phenoxy) is 2. The highest BCUT2D eigenvalue weighted by molar-refractivity contribution is 7.10. The molecule has 3 rings (SSSR count). The van der Waals surface area contributed by atoms with Gasteiger partial charge in [-0.1, -0.05) is 6.07 Å². The quantitative estimate of drug-likeness (QED) is 0.924. The van der Waals surface area contributed by atoms with Crippen LogP contribution in [-0.2, 0) is 15.9 Å². The molecule has 5 nitrogen and oxygen atoms in total. The average Bonchev–Trinajstić information content (AvgIpc) is 2.93. The predicted molar refractivity (Wildman–Crippen MR) is 75.5 cm³/mol. The Kier molecular flexibility index (Phi) is 3.66. The second-order valence-electron chi connectivity index (χ2n) is 4.34. The van der Waals surface area contributed by atoms with Crippen LogP contribution in [0, 0.1) is 0 Å². The predicted octanol–water partition coefficient (Wildman–Crippen LogP) is 2.74. The Morgan fingerprint density at radius 1 is 1.60 bits per heavy atom. The van der Waals surface area contributed by atoms with Gasteiger partial charge < -0.3 is 14.8 Å². The van der Waals surface area contributed by atoms with Gasteiger partial charge >= 0.3 is 6.09 Å². The number of nitrogens with one attached hydrogen (secondary N) is 1. The lowest BCUT2D eigenvalue weighted by molar-refractivity contribution is -0.113. The van der Waals surface area contributed by atoms with E-state index in [9.17, 15) is 4.79 Å². The lowest BCUT2D eigenvalue weighted by Gasteiger charge is -2.24. The van der Waals surface area contributed by atoms with E-state index in [2.05, 4.69) is 15.7 Å².